The molecule has 2 aromatic heterocycles. The molecule has 13 heteroatoms. The van der Waals surface area contributed by atoms with Crippen molar-refractivity contribution in [3.8, 4) is 0 Å². The first kappa shape index (κ1) is 36.7. The summed E-state index contributed by atoms with van der Waals surface area (Å²) in [5, 5.41) is 11.0. The lowest BCUT2D eigenvalue weighted by Crippen LogP contribution is -2.27. The molecule has 1 aromatic carbocycles. The molecule has 3 aromatic rings. The zero-order valence-corrected chi connectivity index (χ0v) is 27.1. The van der Waals surface area contributed by atoms with Gasteiger partial charge in [-0.2, -0.15) is 0 Å². The van der Waals surface area contributed by atoms with Crippen molar-refractivity contribution >= 4 is 34.6 Å². The SMILES string of the molecule is CN(C)C(=O)/C=C/CCCC(=O)Nc1cccn(Cc2nc3c(CC(C)(C)C)cc(F)cc3[nH]2)c1=O.COCCN(C)C(=O)O. The number of nitrogens with zero attached hydrogens (tertiary/aromatic N) is 4. The molecule has 3 rings (SSSR count). The maximum Gasteiger partial charge on any atom is 0.407 e. The first-order valence-electron chi connectivity index (χ1n) is 14.6. The van der Waals surface area contributed by atoms with Gasteiger partial charge in [0.1, 0.15) is 17.3 Å². The van der Waals surface area contributed by atoms with Crippen molar-refractivity contribution in [2.45, 2.75) is 53.0 Å². The summed E-state index contributed by atoms with van der Waals surface area (Å²) in [5.41, 5.74) is 1.88. The van der Waals surface area contributed by atoms with E-state index in [4.69, 9.17) is 5.11 Å². The van der Waals surface area contributed by atoms with Gasteiger partial charge in [0.25, 0.3) is 5.56 Å². The van der Waals surface area contributed by atoms with E-state index in [1.807, 2.05) is 0 Å². The van der Waals surface area contributed by atoms with Gasteiger partial charge in [-0.25, -0.2) is 14.2 Å². The number of allylic oxidation sites excluding steroid dienone is 1. The second kappa shape index (κ2) is 17.1. The molecule has 3 amide bonds. The van der Waals surface area contributed by atoms with Gasteiger partial charge in [-0.05, 0) is 60.6 Å². The summed E-state index contributed by atoms with van der Waals surface area (Å²) in [4.78, 5) is 57.3. The van der Waals surface area contributed by atoms with Crippen LogP contribution in [0.2, 0.25) is 0 Å². The third-order valence-corrected chi connectivity index (χ3v) is 6.45. The number of pyridine rings is 1. The molecule has 3 N–H and O–H groups in total. The number of methoxy groups -OCH3 is 1. The van der Waals surface area contributed by atoms with Crippen LogP contribution in [0.5, 0.6) is 0 Å². The zero-order valence-electron chi connectivity index (χ0n) is 27.1. The molecule has 0 aliphatic carbocycles. The van der Waals surface area contributed by atoms with Crippen LogP contribution in [0.4, 0.5) is 14.9 Å². The molecule has 45 heavy (non-hydrogen) atoms. The number of likely N-dealkylation sites (N-methyl/N-ethyl adjacent to an activating group) is 2. The van der Waals surface area contributed by atoms with Crippen LogP contribution in [0, 0.1) is 11.2 Å². The molecule has 0 bridgehead atoms. The monoisotopic (exact) mass is 628 g/mol. The minimum atomic E-state index is -0.924. The third-order valence-electron chi connectivity index (χ3n) is 6.45. The number of fused-ring (bicyclic) bond motifs is 1. The molecule has 246 valence electrons. The van der Waals surface area contributed by atoms with E-state index in [1.54, 1.807) is 38.5 Å². The Morgan fingerprint density at radius 3 is 2.53 bits per heavy atom. The van der Waals surface area contributed by atoms with E-state index in [1.165, 1.54) is 46.7 Å². The number of benzene rings is 1. The van der Waals surface area contributed by atoms with Crippen LogP contribution in [0.25, 0.3) is 11.0 Å². The number of anilines is 1. The average molecular weight is 629 g/mol. The van der Waals surface area contributed by atoms with Crippen LogP contribution < -0.4 is 10.9 Å². The lowest BCUT2D eigenvalue weighted by Gasteiger charge is -2.18. The fourth-order valence-electron chi connectivity index (χ4n) is 4.15. The van der Waals surface area contributed by atoms with E-state index >= 15 is 0 Å². The third kappa shape index (κ3) is 12.5. The van der Waals surface area contributed by atoms with Crippen LogP contribution in [0.1, 0.15) is 51.4 Å². The highest BCUT2D eigenvalue weighted by molar-refractivity contribution is 5.90. The largest absolute Gasteiger partial charge is 0.465 e. The van der Waals surface area contributed by atoms with Crippen LogP contribution in [0.15, 0.2) is 47.4 Å². The molecule has 0 radical (unpaired) electrons. The number of carbonyl (C=O) groups excluding carboxylic acids is 2. The molecular weight excluding hydrogens is 583 g/mol. The number of hydrogen-bond donors (Lipinski definition) is 3. The number of unbranched alkanes of at least 4 members (excludes halogenated alkanes) is 1. The van der Waals surface area contributed by atoms with Crippen molar-refractivity contribution in [1.29, 1.82) is 0 Å². The summed E-state index contributed by atoms with van der Waals surface area (Å²) < 4.78 is 20.3. The fraction of sp³-hybridized carbons (Fsp3) is 0.469. The Morgan fingerprint density at radius 1 is 1.20 bits per heavy atom. The van der Waals surface area contributed by atoms with Crippen LogP contribution in [0.3, 0.4) is 0 Å². The Kier molecular flexibility index (Phi) is 13.9. The van der Waals surface area contributed by atoms with Crippen molar-refractivity contribution in [1.82, 2.24) is 24.3 Å². The van der Waals surface area contributed by atoms with Gasteiger partial charge in [-0.15, -0.1) is 0 Å². The Balaban J connectivity index is 0.000000681. The molecule has 0 spiro atoms. The van der Waals surface area contributed by atoms with Crippen LogP contribution in [-0.4, -0.2) is 88.8 Å². The average Bonchev–Trinajstić information content (AvgIpc) is 3.35. The van der Waals surface area contributed by atoms with E-state index in [9.17, 15) is 23.6 Å². The number of carboxylic acid groups (broad SMARTS) is 1. The summed E-state index contributed by atoms with van der Waals surface area (Å²) in [6.07, 6.45) is 5.92. The van der Waals surface area contributed by atoms with Crippen LogP contribution in [-0.2, 0) is 27.3 Å². The van der Waals surface area contributed by atoms with Gasteiger partial charge in [-0.3, -0.25) is 14.4 Å². The van der Waals surface area contributed by atoms with E-state index in [0.717, 1.165) is 5.56 Å². The number of halogens is 1. The number of amides is 3. The topological polar surface area (TPSA) is 150 Å². The molecule has 0 aliphatic rings. The predicted molar refractivity (Wildman–Crippen MR) is 172 cm³/mol. The molecule has 0 saturated carbocycles. The number of nitrogens with one attached hydrogen (secondary N) is 2. The van der Waals surface area contributed by atoms with E-state index in [0.29, 0.717) is 49.3 Å². The molecule has 0 atom stereocenters. The number of aromatic amines is 1. The van der Waals surface area contributed by atoms with Gasteiger partial charge in [0.05, 0.1) is 24.2 Å². The Hall–Kier alpha value is -4.52. The number of H-pyrrole nitrogens is 1. The summed E-state index contributed by atoms with van der Waals surface area (Å²) >= 11 is 0. The Morgan fingerprint density at radius 2 is 1.91 bits per heavy atom. The molecule has 0 saturated heterocycles. The second-order valence-corrected chi connectivity index (χ2v) is 12.0. The first-order valence-corrected chi connectivity index (χ1v) is 14.6. The standard InChI is InChI=1S/C27H34FN5O3.C5H11NO3/c1-27(2,3)16-18-14-19(28)15-21-25(18)31-22(29-21)17-33-13-9-10-20(26(33)36)30-23(34)11-7-6-8-12-24(35)32(4)5;1-6(5(7)8)3-4-9-2/h8-10,12-15H,6-7,11,16-17H2,1-5H3,(H,29,31)(H,30,34);3-4H2,1-2H3,(H,7,8)/b12-8+;. The number of aromatic nitrogens is 3. The van der Waals surface area contributed by atoms with Crippen molar-refractivity contribution in [2.75, 3.05) is 46.7 Å². The number of carbonyl (C=O) groups is 3. The molecular formula is C32H45FN6O6. The van der Waals surface area contributed by atoms with Crippen molar-refractivity contribution in [2.24, 2.45) is 5.41 Å². The Bertz CT molecular complexity index is 1540. The fourth-order valence-corrected chi connectivity index (χ4v) is 4.15. The lowest BCUT2D eigenvalue weighted by molar-refractivity contribution is -0.123. The van der Waals surface area contributed by atoms with Gasteiger partial charge in [0.2, 0.25) is 11.8 Å². The summed E-state index contributed by atoms with van der Waals surface area (Å²) in [6, 6.07) is 6.15. The van der Waals surface area contributed by atoms with Crippen molar-refractivity contribution in [3.63, 3.8) is 0 Å². The number of hydrogen-bond acceptors (Lipinski definition) is 6. The number of rotatable bonds is 12. The number of imidazole rings is 1. The highest BCUT2D eigenvalue weighted by Gasteiger charge is 2.17. The van der Waals surface area contributed by atoms with E-state index < -0.39 is 6.09 Å². The van der Waals surface area contributed by atoms with Gasteiger partial charge >= 0.3 is 6.09 Å². The van der Waals surface area contributed by atoms with Crippen molar-refractivity contribution in [3.05, 3.63) is 70.2 Å². The molecule has 12 nitrogen and oxygen atoms in total. The maximum absolute atomic E-state index is 14.2. The molecule has 2 heterocycles. The van der Waals surface area contributed by atoms with Crippen molar-refractivity contribution < 1.29 is 28.6 Å². The minimum absolute atomic E-state index is 0.0384. The summed E-state index contributed by atoms with van der Waals surface area (Å²) in [7, 11) is 6.38. The van der Waals surface area contributed by atoms with Gasteiger partial charge in [-0.1, -0.05) is 26.8 Å². The highest BCUT2D eigenvalue weighted by Crippen LogP contribution is 2.27. The Labute approximate surface area is 262 Å². The smallest absolute Gasteiger partial charge is 0.407 e. The maximum atomic E-state index is 14.2. The summed E-state index contributed by atoms with van der Waals surface area (Å²) in [6.45, 7) is 7.27. The zero-order chi connectivity index (χ0) is 33.7. The molecule has 0 fully saturated rings. The quantitative estimate of drug-likeness (QED) is 0.198. The van der Waals surface area contributed by atoms with Gasteiger partial charge < -0.3 is 34.5 Å². The van der Waals surface area contributed by atoms with E-state index in [-0.39, 0.29) is 47.3 Å². The lowest BCUT2D eigenvalue weighted by atomic mass is 9.87. The predicted octanol–water partition coefficient (Wildman–Crippen LogP) is 4.50. The first-order chi connectivity index (χ1) is 21.1. The van der Waals surface area contributed by atoms with Gasteiger partial charge in [0.15, 0.2) is 0 Å². The highest BCUT2D eigenvalue weighted by atomic mass is 19.1. The van der Waals surface area contributed by atoms with E-state index in [2.05, 4.69) is 40.8 Å². The minimum Gasteiger partial charge on any atom is -0.465 e. The normalized spacial score (nSPS) is 11.3. The van der Waals surface area contributed by atoms with Crippen LogP contribution >= 0.6 is 0 Å². The van der Waals surface area contributed by atoms with Gasteiger partial charge in [0, 0.05) is 47.4 Å². The molecule has 0 unspecified atom stereocenters. The number of ether oxygens (including phenoxy) is 1. The molecule has 0 aliphatic heterocycles. The second-order valence-electron chi connectivity index (χ2n) is 12.0. The summed E-state index contributed by atoms with van der Waals surface area (Å²) in [5.74, 6) is -0.193.